The predicted molar refractivity (Wildman–Crippen MR) is 54.9 cm³/mol. The standard InChI is InChI=1S/C9H16N4O/c1-4-13-7(5-8(10)12-13)9(14)11-6(2)3/h5-6H,4H2,1-3H3,(H2,10,12)(H,11,14). The zero-order chi connectivity index (χ0) is 10.7. The Morgan fingerprint density at radius 3 is 2.86 bits per heavy atom. The first kappa shape index (κ1) is 10.6. The Kier molecular flexibility index (Phi) is 3.11. The predicted octanol–water partition coefficient (Wildman–Crippen LogP) is 0.623. The lowest BCUT2D eigenvalue weighted by Crippen LogP contribution is -2.31. The van der Waals surface area contributed by atoms with E-state index in [1.165, 1.54) is 0 Å². The van der Waals surface area contributed by atoms with Crippen molar-refractivity contribution >= 4 is 11.7 Å². The van der Waals surface area contributed by atoms with Crippen LogP contribution in [0.5, 0.6) is 0 Å². The Labute approximate surface area is 83.3 Å². The van der Waals surface area contributed by atoms with Gasteiger partial charge in [-0.15, -0.1) is 0 Å². The monoisotopic (exact) mass is 196 g/mol. The summed E-state index contributed by atoms with van der Waals surface area (Å²) in [5.41, 5.74) is 6.02. The molecule has 0 aliphatic rings. The quantitative estimate of drug-likeness (QED) is 0.744. The highest BCUT2D eigenvalue weighted by molar-refractivity contribution is 5.93. The largest absolute Gasteiger partial charge is 0.382 e. The van der Waals surface area contributed by atoms with E-state index >= 15 is 0 Å². The number of aromatic nitrogens is 2. The van der Waals surface area contributed by atoms with Gasteiger partial charge in [-0.3, -0.25) is 9.48 Å². The van der Waals surface area contributed by atoms with Crippen molar-refractivity contribution in [2.24, 2.45) is 0 Å². The van der Waals surface area contributed by atoms with Crippen molar-refractivity contribution in [2.75, 3.05) is 5.73 Å². The van der Waals surface area contributed by atoms with E-state index in [2.05, 4.69) is 10.4 Å². The Morgan fingerprint density at radius 1 is 1.71 bits per heavy atom. The normalized spacial score (nSPS) is 10.6. The molecule has 5 nitrogen and oxygen atoms in total. The third kappa shape index (κ3) is 2.25. The molecule has 1 aromatic rings. The van der Waals surface area contributed by atoms with Crippen LogP contribution in [-0.4, -0.2) is 21.7 Å². The third-order valence-corrected chi connectivity index (χ3v) is 1.75. The molecule has 0 saturated heterocycles. The Morgan fingerprint density at radius 2 is 2.36 bits per heavy atom. The zero-order valence-corrected chi connectivity index (χ0v) is 8.74. The zero-order valence-electron chi connectivity index (χ0n) is 8.74. The van der Waals surface area contributed by atoms with E-state index in [-0.39, 0.29) is 11.9 Å². The Balaban J connectivity index is 2.88. The van der Waals surface area contributed by atoms with Crippen LogP contribution < -0.4 is 11.1 Å². The van der Waals surface area contributed by atoms with Crippen LogP contribution in [0.2, 0.25) is 0 Å². The number of aryl methyl sites for hydroxylation is 1. The molecule has 3 N–H and O–H groups in total. The highest BCUT2D eigenvalue weighted by Gasteiger charge is 2.13. The molecule has 0 aromatic carbocycles. The summed E-state index contributed by atoms with van der Waals surface area (Å²) in [6.45, 7) is 6.37. The maximum atomic E-state index is 11.6. The molecule has 1 rings (SSSR count). The molecule has 0 radical (unpaired) electrons. The smallest absolute Gasteiger partial charge is 0.269 e. The molecule has 1 amide bonds. The molecule has 0 spiro atoms. The number of carbonyl (C=O) groups excluding carboxylic acids is 1. The maximum absolute atomic E-state index is 11.6. The summed E-state index contributed by atoms with van der Waals surface area (Å²) in [5.74, 6) is 0.242. The number of nitrogens with zero attached hydrogens (tertiary/aromatic N) is 2. The van der Waals surface area contributed by atoms with Crippen LogP contribution in [0.3, 0.4) is 0 Å². The molecule has 0 aliphatic heterocycles. The number of rotatable bonds is 3. The topological polar surface area (TPSA) is 72.9 Å². The van der Waals surface area contributed by atoms with E-state index in [9.17, 15) is 4.79 Å². The molecule has 78 valence electrons. The van der Waals surface area contributed by atoms with Gasteiger partial charge in [-0.2, -0.15) is 5.10 Å². The summed E-state index contributed by atoms with van der Waals surface area (Å²) in [6, 6.07) is 1.70. The van der Waals surface area contributed by atoms with Crippen LogP contribution in [-0.2, 0) is 6.54 Å². The second kappa shape index (κ2) is 4.13. The van der Waals surface area contributed by atoms with E-state index < -0.39 is 0 Å². The molecule has 0 atom stereocenters. The molecule has 0 unspecified atom stereocenters. The molecule has 1 aromatic heterocycles. The molecule has 0 aliphatic carbocycles. The van der Waals surface area contributed by atoms with Crippen molar-refractivity contribution in [1.29, 1.82) is 0 Å². The average molecular weight is 196 g/mol. The molecule has 0 fully saturated rings. The highest BCUT2D eigenvalue weighted by Crippen LogP contribution is 2.06. The van der Waals surface area contributed by atoms with E-state index in [0.717, 1.165) is 0 Å². The molecule has 5 heteroatoms. The Hall–Kier alpha value is -1.52. The maximum Gasteiger partial charge on any atom is 0.269 e. The van der Waals surface area contributed by atoms with Crippen molar-refractivity contribution in [2.45, 2.75) is 33.4 Å². The van der Waals surface area contributed by atoms with Crippen LogP contribution in [0.4, 0.5) is 5.82 Å². The Bertz CT molecular complexity index is 330. The lowest BCUT2D eigenvalue weighted by atomic mass is 10.3. The molecule has 1 heterocycles. The number of anilines is 1. The summed E-state index contributed by atoms with van der Waals surface area (Å²) >= 11 is 0. The minimum absolute atomic E-state index is 0.115. The van der Waals surface area contributed by atoms with Gasteiger partial charge in [0.15, 0.2) is 0 Å². The van der Waals surface area contributed by atoms with Gasteiger partial charge in [0, 0.05) is 18.7 Å². The fraction of sp³-hybridized carbons (Fsp3) is 0.556. The SMILES string of the molecule is CCn1nc(N)cc1C(=O)NC(C)C. The van der Waals surface area contributed by atoms with Crippen molar-refractivity contribution in [3.05, 3.63) is 11.8 Å². The lowest BCUT2D eigenvalue weighted by molar-refractivity contribution is 0.0932. The minimum atomic E-state index is -0.133. The number of nitrogen functional groups attached to an aromatic ring is 1. The first-order valence-corrected chi connectivity index (χ1v) is 4.68. The van der Waals surface area contributed by atoms with Gasteiger partial charge in [0.05, 0.1) is 0 Å². The lowest BCUT2D eigenvalue weighted by Gasteiger charge is -2.08. The fourth-order valence-electron chi connectivity index (χ4n) is 1.20. The number of hydrogen-bond acceptors (Lipinski definition) is 3. The van der Waals surface area contributed by atoms with Crippen molar-refractivity contribution < 1.29 is 4.79 Å². The summed E-state index contributed by atoms with van der Waals surface area (Å²) < 4.78 is 1.59. The molecule has 14 heavy (non-hydrogen) atoms. The number of amides is 1. The summed E-state index contributed by atoms with van der Waals surface area (Å²) in [4.78, 5) is 11.6. The summed E-state index contributed by atoms with van der Waals surface area (Å²) in [7, 11) is 0. The second-order valence-electron chi connectivity index (χ2n) is 3.40. The molecular formula is C9H16N4O. The average Bonchev–Trinajstić information content (AvgIpc) is 2.45. The van der Waals surface area contributed by atoms with Crippen LogP contribution in [0.1, 0.15) is 31.3 Å². The number of nitrogens with two attached hydrogens (primary N) is 1. The number of nitrogens with one attached hydrogen (secondary N) is 1. The van der Waals surface area contributed by atoms with Crippen LogP contribution in [0, 0.1) is 0 Å². The summed E-state index contributed by atoms with van der Waals surface area (Å²) in [6.07, 6.45) is 0. The van der Waals surface area contributed by atoms with E-state index in [1.807, 2.05) is 20.8 Å². The molecule has 0 bridgehead atoms. The molecule has 0 saturated carbocycles. The van der Waals surface area contributed by atoms with Gasteiger partial charge in [0.2, 0.25) is 0 Å². The van der Waals surface area contributed by atoms with Gasteiger partial charge in [0.25, 0.3) is 5.91 Å². The third-order valence-electron chi connectivity index (χ3n) is 1.75. The van der Waals surface area contributed by atoms with Gasteiger partial charge in [0.1, 0.15) is 11.5 Å². The highest BCUT2D eigenvalue weighted by atomic mass is 16.2. The fourth-order valence-corrected chi connectivity index (χ4v) is 1.20. The minimum Gasteiger partial charge on any atom is -0.382 e. The van der Waals surface area contributed by atoms with Crippen molar-refractivity contribution in [3.63, 3.8) is 0 Å². The first-order valence-electron chi connectivity index (χ1n) is 4.68. The number of hydrogen-bond donors (Lipinski definition) is 2. The van der Waals surface area contributed by atoms with Gasteiger partial charge < -0.3 is 11.1 Å². The summed E-state index contributed by atoms with van der Waals surface area (Å²) in [5, 5.41) is 6.78. The second-order valence-corrected chi connectivity index (χ2v) is 3.40. The van der Waals surface area contributed by atoms with Crippen molar-refractivity contribution in [3.8, 4) is 0 Å². The van der Waals surface area contributed by atoms with Crippen LogP contribution >= 0.6 is 0 Å². The van der Waals surface area contributed by atoms with Gasteiger partial charge in [-0.1, -0.05) is 0 Å². The van der Waals surface area contributed by atoms with E-state index in [4.69, 9.17) is 5.73 Å². The molecular weight excluding hydrogens is 180 g/mol. The van der Waals surface area contributed by atoms with E-state index in [0.29, 0.717) is 18.1 Å². The van der Waals surface area contributed by atoms with Crippen LogP contribution in [0.25, 0.3) is 0 Å². The van der Waals surface area contributed by atoms with Crippen LogP contribution in [0.15, 0.2) is 6.07 Å². The van der Waals surface area contributed by atoms with Gasteiger partial charge in [-0.05, 0) is 20.8 Å². The van der Waals surface area contributed by atoms with Crippen molar-refractivity contribution in [1.82, 2.24) is 15.1 Å². The van der Waals surface area contributed by atoms with Gasteiger partial charge in [-0.25, -0.2) is 0 Å². The van der Waals surface area contributed by atoms with E-state index in [1.54, 1.807) is 10.7 Å². The first-order chi connectivity index (χ1) is 6.54. The van der Waals surface area contributed by atoms with Gasteiger partial charge >= 0.3 is 0 Å². The number of carbonyl (C=O) groups is 1.